The molecule has 0 bridgehead atoms. The molecule has 788 valence electrons. The Labute approximate surface area is 853 Å². The van der Waals surface area contributed by atoms with Gasteiger partial charge in [0, 0.05) is 146 Å². The van der Waals surface area contributed by atoms with E-state index in [1.165, 1.54) is 77.2 Å². The van der Waals surface area contributed by atoms with Gasteiger partial charge >= 0.3 is 22.8 Å². The first kappa shape index (κ1) is 119. The summed E-state index contributed by atoms with van der Waals surface area (Å²) in [5.41, 5.74) is -4.66. The average Bonchev–Trinajstić information content (AvgIpc) is 1.62. The van der Waals surface area contributed by atoms with Crippen LogP contribution in [-0.2, 0) is 55.1 Å². The van der Waals surface area contributed by atoms with Gasteiger partial charge in [0.25, 0.3) is 39.3 Å². The van der Waals surface area contributed by atoms with E-state index in [1.54, 1.807) is 13.6 Å². The van der Waals surface area contributed by atoms with Gasteiger partial charge in [0.2, 0.25) is 10.0 Å². The molecule has 10 rings (SSSR count). The molecule has 1 saturated carbocycles. The number of unbranched alkanes of at least 4 members (excludes halogenated alkanes) is 6. The van der Waals surface area contributed by atoms with Crippen molar-refractivity contribution in [1.29, 1.82) is 25.3 Å². The second kappa shape index (κ2) is 71.8. The highest BCUT2D eigenvalue weighted by atomic mass is 31.2. The van der Waals surface area contributed by atoms with Gasteiger partial charge in [-0.15, -0.1) is 49.4 Å². The zero-order valence-electron chi connectivity index (χ0n) is 89.3. The maximum atomic E-state index is 12.4. The van der Waals surface area contributed by atoms with E-state index in [-0.39, 0.29) is 146 Å². The molecule has 4 aliphatic heterocycles. The van der Waals surface area contributed by atoms with E-state index in [0.717, 1.165) is 69.3 Å². The largest absolute Gasteiger partial charge is 0.474 e. The topological polar surface area (TPSA) is 542 Å². The van der Waals surface area contributed by atoms with Crippen molar-refractivity contribution in [3.63, 3.8) is 0 Å². The van der Waals surface area contributed by atoms with Gasteiger partial charge in [-0.2, -0.15) is 21.0 Å². The van der Waals surface area contributed by atoms with Crippen LogP contribution in [0, 0.1) is 148 Å². The molecule has 4 saturated heterocycles. The molecule has 8 heterocycles. The van der Waals surface area contributed by atoms with Gasteiger partial charge in [-0.25, -0.2) is 28.5 Å². The molecule has 2 aliphatic carbocycles. The van der Waals surface area contributed by atoms with Crippen LogP contribution in [0.5, 0.6) is 5.75 Å². The Morgan fingerprint density at radius 1 is 0.517 bits per heavy atom. The number of terminal acetylenes is 4. The fraction of sp³-hybridized carbons (Fsp3) is 0.657. The minimum absolute atomic E-state index is 0. The lowest BCUT2D eigenvalue weighted by Gasteiger charge is -2.37. The molecule has 20 atom stereocenters. The first-order valence-electron chi connectivity index (χ1n) is 49.7. The van der Waals surface area contributed by atoms with E-state index >= 15 is 0 Å². The van der Waals surface area contributed by atoms with Crippen LogP contribution < -0.4 is 49.7 Å². The third kappa shape index (κ3) is 44.3. The van der Waals surface area contributed by atoms with Crippen LogP contribution in [0.2, 0.25) is 0 Å². The Hall–Kier alpha value is -9.64. The second-order valence-corrected chi connectivity index (χ2v) is 38.5. The second-order valence-electron chi connectivity index (χ2n) is 33.0. The molecule has 4 aromatic rings. The van der Waals surface area contributed by atoms with Crippen molar-refractivity contribution in [2.75, 3.05) is 74.3 Å². The molecule has 5 fully saturated rings. The first-order valence-corrected chi connectivity index (χ1v) is 51.8. The fourth-order valence-corrected chi connectivity index (χ4v) is 20.5. The molecule has 0 amide bonds. The predicted molar refractivity (Wildman–Crippen MR) is 546 cm³/mol. The predicted octanol–water partition coefficient (Wildman–Crippen LogP) is 10.9. The van der Waals surface area contributed by atoms with E-state index in [1.807, 2.05) is 68.1 Å². The molecule has 0 radical (unpaired) electrons. The minimum atomic E-state index is -1.55. The standard InChI is InChI=1S/C22H28N3O5P.C21H31N4O6P.C20H29N4O5P.C17H20N2O5.C15H22NO2P.3CH4O.CH4/c1-5-6-7-8-9-10-11-18-15-25(22(27)24-21(18)26)20-14-19(17(3)28-20)30-31(4)29-16(2)12-13-23;1-7-10-28-18-13-24(21(27)23-20(18)26)19-12-17(16(6)30-19)31-32(29-11-8-9-22)25(14(2)3)15(4)5;1-7-16-12-23(20(26)22-19(16)25)18-11-17(15(6)28-18)29-30(27-10-8-9-21)24(13(2)3)14(4)5;1-2-3-4-5-6-7-8-12-10-19(17(23)18-16(12)22)15-9-13(21)14(11-20)24-15;1-19(17-11-6-10-16)18-12-9-15-13-7-4-2-3-5-8-14(13)15;3*1-2;/h1,15-17,19-20H,6-9,12,14H2,2-4H3,(H,24,26,27);1,13-17,19H,8,10-12H2,2-6H3,(H,23,26,27);1,12-15,17-18H,8,10-11H2,2-6H3,(H,22,25,26);1,10,13-15,20-21H,3-6,9,11H2,(H,18,22,23);13-15H,4-9,11-12H2,1H3;3*2H,1H3;1H4/t16?,17-,19-,20-,31?;16-,17-,19-,32?;15-,17-,18-,30?;13-,14-,15-;13-,14+,15?,19?;;;;/m1111...../s1/i3D;2*6D;;;3*2T;. The number of fused-ring (bicyclic) bond motifs is 1. The lowest BCUT2D eigenvalue weighted by atomic mass is 10.1. The fourth-order valence-electron chi connectivity index (χ4n) is 15.0. The summed E-state index contributed by atoms with van der Waals surface area (Å²) < 4.78 is 125. The zero-order valence-corrected chi connectivity index (χ0v) is 86.9. The molecule has 44 heteroatoms. The number of hydrogen-bond acceptors (Lipinski definition) is 32. The number of rotatable bonds is 41. The van der Waals surface area contributed by atoms with Gasteiger partial charge in [-0.1, -0.05) is 42.9 Å². The summed E-state index contributed by atoms with van der Waals surface area (Å²) in [5, 5.41) is 64.3. The number of hydrogen-bond donors (Lipinski definition) is 9. The van der Waals surface area contributed by atoms with Crippen LogP contribution in [-0.4, -0.2) is 231 Å². The Balaban J connectivity index is 0.000000621. The number of nitrogens with one attached hydrogen (secondary N) is 4. The number of H-pyrrole nitrogens is 4. The third-order valence-corrected chi connectivity index (χ3v) is 28.1. The summed E-state index contributed by atoms with van der Waals surface area (Å²) >= 11 is 0. The lowest BCUT2D eigenvalue weighted by Crippen LogP contribution is -2.35. The van der Waals surface area contributed by atoms with Crippen LogP contribution in [0.4, 0.5) is 0 Å². The molecular weight excluding hydrogens is 1930 g/mol. The molecule has 9 N–H and O–H groups in total. The highest BCUT2D eigenvalue weighted by Gasteiger charge is 2.48. The molecule has 143 heavy (non-hydrogen) atoms. The summed E-state index contributed by atoms with van der Waals surface area (Å²) in [6.07, 6.45) is 32.1. The highest BCUT2D eigenvalue weighted by Crippen LogP contribution is 2.55. The summed E-state index contributed by atoms with van der Waals surface area (Å²) in [5.74, 6) is 30.1. The van der Waals surface area contributed by atoms with Gasteiger partial charge in [0.1, 0.15) is 54.3 Å². The van der Waals surface area contributed by atoms with Crippen LogP contribution in [0.25, 0.3) is 0 Å². The number of nitrogens with zero attached hydrogens (tertiary/aromatic N) is 10. The van der Waals surface area contributed by atoms with E-state index < -0.39 is 153 Å². The first-order chi connectivity index (χ1) is 71.0. The summed E-state index contributed by atoms with van der Waals surface area (Å²) in [6.45, 7) is 22.8. The van der Waals surface area contributed by atoms with Crippen molar-refractivity contribution in [2.24, 2.45) is 17.8 Å². The van der Waals surface area contributed by atoms with E-state index in [9.17, 15) is 43.5 Å². The summed E-state index contributed by atoms with van der Waals surface area (Å²) in [6, 6.07) is 8.71. The quantitative estimate of drug-likeness (QED) is 0.0113. The Bertz CT molecular complexity index is 5670. The number of aromatic amines is 4. The molecular formula is C99H146N14O26P4. The average molecular weight is 2080 g/mol. The van der Waals surface area contributed by atoms with E-state index in [4.69, 9.17) is 120 Å². The monoisotopic (exact) mass is 2080 g/mol. The van der Waals surface area contributed by atoms with Gasteiger partial charge in [-0.05, 0) is 146 Å². The van der Waals surface area contributed by atoms with Crippen molar-refractivity contribution in [1.82, 2.24) is 47.5 Å². The molecule has 0 spiro atoms. The maximum Gasteiger partial charge on any atom is 0.330 e. The number of aromatic nitrogens is 8. The molecule has 0 aromatic carbocycles. The maximum absolute atomic E-state index is 12.4. The number of aliphatic hydroxyl groups is 5. The highest BCUT2D eigenvalue weighted by molar-refractivity contribution is 7.46. The van der Waals surface area contributed by atoms with E-state index in [2.05, 4.69) is 122 Å². The lowest BCUT2D eigenvalue weighted by molar-refractivity contribution is -0.0459. The number of aliphatic hydroxyl groups excluding tert-OH is 5. The normalized spacial score (nSPS) is 22.8. The summed E-state index contributed by atoms with van der Waals surface area (Å²) in [7, 11) is -1.29. The number of nitriles is 4. The Morgan fingerprint density at radius 3 is 1.27 bits per heavy atom. The van der Waals surface area contributed by atoms with Crippen LogP contribution in [0.15, 0.2) is 63.1 Å². The van der Waals surface area contributed by atoms with Gasteiger partial charge in [0.15, 0.2) is 16.8 Å². The van der Waals surface area contributed by atoms with Crippen molar-refractivity contribution < 1.29 is 89.5 Å². The van der Waals surface area contributed by atoms with Crippen LogP contribution in [0.3, 0.4) is 0 Å². The van der Waals surface area contributed by atoms with Crippen LogP contribution in [0.1, 0.15) is 271 Å². The Kier molecular flexibility index (Phi) is 59.5. The van der Waals surface area contributed by atoms with Gasteiger partial charge in [0.05, 0.1) is 138 Å². The molecule has 6 aliphatic rings. The molecule has 40 nitrogen and oxygen atoms in total. The van der Waals surface area contributed by atoms with E-state index in [0.29, 0.717) is 45.1 Å². The minimum Gasteiger partial charge on any atom is -0.474 e. The van der Waals surface area contributed by atoms with Crippen molar-refractivity contribution in [3.05, 3.63) is 125 Å². The molecule has 4 aromatic heterocycles. The van der Waals surface area contributed by atoms with Gasteiger partial charge in [-0.3, -0.25) is 57.4 Å². The van der Waals surface area contributed by atoms with Crippen LogP contribution >= 0.6 is 33.8 Å². The number of ether oxygens (including phenoxy) is 5. The SMILES string of the molecule is C.C#CCCCCC#Cc1cn([C@H]2C[C@@H](O)[C@@H](CO)O2)c(=O)[nH]c1=O.CP(OCCC#N)OCCC1[C@H]2CCC#CCC[C@@H]12.[2H]C[C@H]1O[C@@H](n2cc(C#C)c(=O)[nH]c2=O)C[C@H]1OP(OCCC#N)N(C(C)C)C(C)C.[2H]C[C@H]1O[C@@H](n2cc(C#CCCCCC#C)c(=O)[nH]c2=O)C[C@H]1OP(C)OC(C)CC#N.[2H]C[C@H]1O[C@@H](n2cc(OCC#C)c(=O)[nH]c2=O)C[C@H]1OP(OCCC#N)N(C(C)C)C(C)C.[3H]OC.[3H]OC.[3H]OC. The zero-order chi connectivity index (χ0) is 110. The van der Waals surface area contributed by atoms with Gasteiger partial charge < -0.3 is 85.4 Å². The molecule has 6 unspecified atom stereocenters. The van der Waals surface area contributed by atoms with Crippen molar-refractivity contribution in [3.8, 4) is 115 Å². The van der Waals surface area contributed by atoms with Crippen molar-refractivity contribution in [2.45, 2.75) is 329 Å². The smallest absolute Gasteiger partial charge is 0.330 e. The third-order valence-electron chi connectivity index (χ3n) is 21.5. The summed E-state index contributed by atoms with van der Waals surface area (Å²) in [4.78, 5) is 106. The van der Waals surface area contributed by atoms with Crippen molar-refractivity contribution >= 4 is 33.8 Å². The Morgan fingerprint density at radius 2 is 0.895 bits per heavy atom.